The van der Waals surface area contributed by atoms with Gasteiger partial charge in [0.05, 0.1) is 4.90 Å². The normalized spacial score (nSPS) is 18.4. The number of carbonyl (C=O) groups excluding carboxylic acids is 2. The van der Waals surface area contributed by atoms with Crippen molar-refractivity contribution in [2.45, 2.75) is 37.6 Å². The molecule has 0 saturated carbocycles. The van der Waals surface area contributed by atoms with E-state index in [1.54, 1.807) is 21.9 Å². The fraction of sp³-hybridized carbons (Fsp3) is 0.417. The largest absolute Gasteiger partial charge is 0.368 e. The van der Waals surface area contributed by atoms with E-state index in [1.807, 2.05) is 25.1 Å². The summed E-state index contributed by atoms with van der Waals surface area (Å²) in [5.41, 5.74) is 2.75. The molecular formula is C24H30N4O4S. The van der Waals surface area contributed by atoms with Crippen molar-refractivity contribution in [3.63, 3.8) is 0 Å². The van der Waals surface area contributed by atoms with Crippen molar-refractivity contribution in [3.8, 4) is 0 Å². The van der Waals surface area contributed by atoms with Gasteiger partial charge in [-0.05, 0) is 49.2 Å². The first-order valence-electron chi connectivity index (χ1n) is 11.3. The molecule has 2 heterocycles. The van der Waals surface area contributed by atoms with Crippen LogP contribution in [0.3, 0.4) is 0 Å². The quantitative estimate of drug-likeness (QED) is 0.698. The van der Waals surface area contributed by atoms with E-state index in [0.717, 1.165) is 30.0 Å². The Bertz CT molecular complexity index is 1130. The molecule has 9 heteroatoms. The second-order valence-electron chi connectivity index (χ2n) is 8.58. The van der Waals surface area contributed by atoms with Crippen molar-refractivity contribution in [2.75, 3.05) is 42.5 Å². The number of amides is 2. The summed E-state index contributed by atoms with van der Waals surface area (Å²) < 4.78 is 28.1. The predicted octanol–water partition coefficient (Wildman–Crippen LogP) is 2.00. The van der Waals surface area contributed by atoms with E-state index in [2.05, 4.69) is 21.8 Å². The van der Waals surface area contributed by atoms with Gasteiger partial charge in [0.1, 0.15) is 0 Å². The van der Waals surface area contributed by atoms with Gasteiger partial charge in [-0.3, -0.25) is 9.59 Å². The number of hydrogen-bond acceptors (Lipinski definition) is 5. The lowest BCUT2D eigenvalue weighted by Gasteiger charge is -2.36. The number of carbonyl (C=O) groups is 2. The van der Waals surface area contributed by atoms with Crippen LogP contribution in [0.1, 0.15) is 25.8 Å². The van der Waals surface area contributed by atoms with Gasteiger partial charge >= 0.3 is 0 Å². The van der Waals surface area contributed by atoms with Crippen LogP contribution in [0.2, 0.25) is 0 Å². The number of piperazine rings is 1. The van der Waals surface area contributed by atoms with Gasteiger partial charge in [-0.1, -0.05) is 18.2 Å². The molecule has 0 bridgehead atoms. The summed E-state index contributed by atoms with van der Waals surface area (Å²) in [6, 6.07) is 14.9. The van der Waals surface area contributed by atoms with Gasteiger partial charge in [0.15, 0.2) is 0 Å². The Hall–Kier alpha value is -2.91. The Balaban J connectivity index is 1.29. The van der Waals surface area contributed by atoms with Crippen molar-refractivity contribution in [1.29, 1.82) is 0 Å². The van der Waals surface area contributed by atoms with E-state index in [1.165, 1.54) is 13.0 Å². The first-order valence-corrected chi connectivity index (χ1v) is 12.7. The van der Waals surface area contributed by atoms with Gasteiger partial charge in [-0.25, -0.2) is 13.1 Å². The number of nitrogens with zero attached hydrogens (tertiary/aromatic N) is 3. The van der Waals surface area contributed by atoms with E-state index in [9.17, 15) is 18.0 Å². The van der Waals surface area contributed by atoms with Crippen LogP contribution in [0.15, 0.2) is 53.4 Å². The number of para-hydroxylation sites is 1. The summed E-state index contributed by atoms with van der Waals surface area (Å²) in [5, 5.41) is 0. The highest BCUT2D eigenvalue weighted by atomic mass is 32.2. The lowest BCUT2D eigenvalue weighted by Crippen LogP contribution is -2.49. The third kappa shape index (κ3) is 5.04. The minimum absolute atomic E-state index is 0.00314. The second-order valence-corrected chi connectivity index (χ2v) is 10.4. The maximum atomic E-state index is 12.8. The van der Waals surface area contributed by atoms with Crippen molar-refractivity contribution >= 4 is 33.2 Å². The number of fused-ring (bicyclic) bond motifs is 1. The summed E-state index contributed by atoms with van der Waals surface area (Å²) >= 11 is 0. The number of hydrogen-bond donors (Lipinski definition) is 1. The third-order valence-corrected chi connectivity index (χ3v) is 7.76. The highest BCUT2D eigenvalue weighted by molar-refractivity contribution is 7.89. The van der Waals surface area contributed by atoms with E-state index in [-0.39, 0.29) is 35.7 Å². The van der Waals surface area contributed by atoms with Crippen molar-refractivity contribution in [1.82, 2.24) is 9.62 Å². The number of sulfonamides is 1. The van der Waals surface area contributed by atoms with Gasteiger partial charge in [0, 0.05) is 63.5 Å². The molecule has 0 unspecified atom stereocenters. The molecule has 1 atom stereocenters. The Morgan fingerprint density at radius 3 is 2.39 bits per heavy atom. The summed E-state index contributed by atoms with van der Waals surface area (Å²) in [6.07, 6.45) is 0.733. The van der Waals surface area contributed by atoms with Crippen LogP contribution in [-0.4, -0.2) is 63.9 Å². The average Bonchev–Trinajstić information content (AvgIpc) is 3.14. The van der Waals surface area contributed by atoms with Crippen LogP contribution in [0.5, 0.6) is 0 Å². The zero-order chi connectivity index (χ0) is 23.6. The maximum absolute atomic E-state index is 12.8. The fourth-order valence-electron chi connectivity index (χ4n) is 4.64. The molecular weight excluding hydrogens is 440 g/mol. The maximum Gasteiger partial charge on any atom is 0.240 e. The topological polar surface area (TPSA) is 90.0 Å². The molecule has 1 fully saturated rings. The molecule has 8 nitrogen and oxygen atoms in total. The predicted molar refractivity (Wildman–Crippen MR) is 128 cm³/mol. The Morgan fingerprint density at radius 2 is 1.73 bits per heavy atom. The molecule has 0 radical (unpaired) electrons. The zero-order valence-electron chi connectivity index (χ0n) is 19.0. The Kier molecular flexibility index (Phi) is 6.71. The monoisotopic (exact) mass is 470 g/mol. The van der Waals surface area contributed by atoms with Crippen LogP contribution in [0.25, 0.3) is 0 Å². The van der Waals surface area contributed by atoms with E-state index in [4.69, 9.17) is 0 Å². The lowest BCUT2D eigenvalue weighted by atomic mass is 10.1. The van der Waals surface area contributed by atoms with E-state index in [0.29, 0.717) is 19.5 Å². The van der Waals surface area contributed by atoms with Crippen LogP contribution >= 0.6 is 0 Å². The number of benzene rings is 2. The van der Waals surface area contributed by atoms with Crippen LogP contribution in [0.4, 0.5) is 11.4 Å². The van der Waals surface area contributed by atoms with Gasteiger partial charge < -0.3 is 14.7 Å². The zero-order valence-corrected chi connectivity index (χ0v) is 19.8. The standard InChI is InChI=1S/C24H30N4O4S/c1-18-16-20-17-22(8-9-23(20)28(18)19(2)29)33(31,32)25-11-10-24(30)27-14-12-26(13-15-27)21-6-4-3-5-7-21/h3-9,17-18,25H,10-16H2,1-2H3/t18-/m1/s1. The van der Waals surface area contributed by atoms with Crippen molar-refractivity contribution in [3.05, 3.63) is 54.1 Å². The summed E-state index contributed by atoms with van der Waals surface area (Å²) in [4.78, 5) is 30.4. The van der Waals surface area contributed by atoms with Crippen molar-refractivity contribution in [2.24, 2.45) is 0 Å². The molecule has 1 N–H and O–H groups in total. The first kappa shape index (κ1) is 23.3. The van der Waals surface area contributed by atoms with Gasteiger partial charge in [-0.15, -0.1) is 0 Å². The minimum Gasteiger partial charge on any atom is -0.368 e. The molecule has 2 aliphatic rings. The average molecular weight is 471 g/mol. The summed E-state index contributed by atoms with van der Waals surface area (Å²) in [6.45, 7) is 6.26. The number of rotatable bonds is 6. The highest BCUT2D eigenvalue weighted by Crippen LogP contribution is 2.33. The van der Waals surface area contributed by atoms with E-state index < -0.39 is 10.0 Å². The minimum atomic E-state index is -3.74. The smallest absolute Gasteiger partial charge is 0.240 e. The molecule has 4 rings (SSSR count). The molecule has 2 aromatic carbocycles. The molecule has 2 aromatic rings. The van der Waals surface area contributed by atoms with Crippen LogP contribution in [0, 0.1) is 0 Å². The summed E-state index contributed by atoms with van der Waals surface area (Å²) in [7, 11) is -3.74. The van der Waals surface area contributed by atoms with Crippen molar-refractivity contribution < 1.29 is 18.0 Å². The van der Waals surface area contributed by atoms with Crippen LogP contribution in [-0.2, 0) is 26.0 Å². The third-order valence-electron chi connectivity index (χ3n) is 6.30. The summed E-state index contributed by atoms with van der Waals surface area (Å²) in [5.74, 6) is -0.108. The Labute approximate surface area is 195 Å². The van der Waals surface area contributed by atoms with Gasteiger partial charge in [0.25, 0.3) is 0 Å². The van der Waals surface area contributed by atoms with E-state index >= 15 is 0 Å². The fourth-order valence-corrected chi connectivity index (χ4v) is 5.72. The van der Waals surface area contributed by atoms with Gasteiger partial charge in [-0.2, -0.15) is 0 Å². The SMILES string of the molecule is CC(=O)N1c2ccc(S(=O)(=O)NCCC(=O)N3CCN(c4ccccc4)CC3)cc2C[C@H]1C. The Morgan fingerprint density at radius 1 is 1.03 bits per heavy atom. The number of anilines is 2. The first-order chi connectivity index (χ1) is 15.8. The molecule has 0 spiro atoms. The molecule has 33 heavy (non-hydrogen) atoms. The highest BCUT2D eigenvalue weighted by Gasteiger charge is 2.30. The molecule has 1 saturated heterocycles. The molecule has 2 aliphatic heterocycles. The second kappa shape index (κ2) is 9.52. The molecule has 0 aromatic heterocycles. The van der Waals surface area contributed by atoms with Crippen LogP contribution < -0.4 is 14.5 Å². The lowest BCUT2D eigenvalue weighted by molar-refractivity contribution is -0.131. The van der Waals surface area contributed by atoms with Gasteiger partial charge in [0.2, 0.25) is 21.8 Å². The number of nitrogens with one attached hydrogen (secondary N) is 1. The molecule has 2 amide bonds. The molecule has 0 aliphatic carbocycles. The molecule has 176 valence electrons.